The molecular weight excluding hydrogens is 326 g/mol. The van der Waals surface area contributed by atoms with Crippen LogP contribution in [0.4, 0.5) is 13.2 Å². The van der Waals surface area contributed by atoms with Crippen molar-refractivity contribution in [1.82, 2.24) is 0 Å². The predicted molar refractivity (Wildman–Crippen MR) is 75.4 cm³/mol. The van der Waals surface area contributed by atoms with E-state index < -0.39 is 23.5 Å². The molecule has 0 fully saturated rings. The molecule has 0 aromatic heterocycles. The van der Waals surface area contributed by atoms with Crippen LogP contribution in [0, 0.1) is 17.5 Å². The van der Waals surface area contributed by atoms with E-state index in [1.165, 1.54) is 19.2 Å². The molecule has 2 nitrogen and oxygen atoms in total. The molecule has 2 rings (SSSR count). The Bertz CT molecular complexity index is 694. The number of nitrogens with two attached hydrogens (primary N) is 1. The predicted octanol–water partition coefficient (Wildman–Crippen LogP) is 4.47. The lowest BCUT2D eigenvalue weighted by Crippen LogP contribution is -2.15. The molecule has 1 atom stereocenters. The molecule has 0 bridgehead atoms. The quantitative estimate of drug-likeness (QED) is 0.840. The normalized spacial score (nSPS) is 12.3. The molecule has 0 amide bonds. The van der Waals surface area contributed by atoms with E-state index in [4.69, 9.17) is 33.7 Å². The first-order chi connectivity index (χ1) is 9.86. The maximum atomic E-state index is 13.8. The van der Waals surface area contributed by atoms with Crippen molar-refractivity contribution < 1.29 is 17.9 Å². The Hall–Kier alpha value is -1.43. The first-order valence-corrected chi connectivity index (χ1v) is 6.54. The van der Waals surface area contributed by atoms with E-state index >= 15 is 0 Å². The molecule has 112 valence electrons. The highest BCUT2D eigenvalue weighted by Crippen LogP contribution is 2.36. The van der Waals surface area contributed by atoms with Gasteiger partial charge in [-0.1, -0.05) is 29.3 Å². The number of ether oxygens (including phenoxy) is 1. The lowest BCUT2D eigenvalue weighted by molar-refractivity contribution is 0.415. The lowest BCUT2D eigenvalue weighted by Gasteiger charge is -2.17. The Morgan fingerprint density at radius 1 is 1.00 bits per heavy atom. The van der Waals surface area contributed by atoms with Crippen LogP contribution in [0.1, 0.15) is 17.2 Å². The third-order valence-corrected chi connectivity index (χ3v) is 3.63. The zero-order valence-electron chi connectivity index (χ0n) is 10.8. The van der Waals surface area contributed by atoms with Gasteiger partial charge in [0.25, 0.3) is 0 Å². The molecule has 0 saturated heterocycles. The van der Waals surface area contributed by atoms with Gasteiger partial charge in [0.1, 0.15) is 5.75 Å². The molecule has 0 radical (unpaired) electrons. The van der Waals surface area contributed by atoms with Gasteiger partial charge in [-0.15, -0.1) is 0 Å². The van der Waals surface area contributed by atoms with Gasteiger partial charge in [-0.05, 0) is 17.7 Å². The van der Waals surface area contributed by atoms with Crippen molar-refractivity contribution in [2.45, 2.75) is 6.04 Å². The molecule has 2 aromatic carbocycles. The molecule has 7 heteroatoms. The Morgan fingerprint density at radius 3 is 2.29 bits per heavy atom. The number of rotatable bonds is 3. The summed E-state index contributed by atoms with van der Waals surface area (Å²) in [5, 5.41) is 0.392. The first kappa shape index (κ1) is 15.9. The summed E-state index contributed by atoms with van der Waals surface area (Å²) in [4.78, 5) is 0. The molecule has 0 heterocycles. The van der Waals surface area contributed by atoms with Gasteiger partial charge < -0.3 is 10.5 Å². The van der Waals surface area contributed by atoms with Crippen LogP contribution in [0.3, 0.4) is 0 Å². The van der Waals surface area contributed by atoms with E-state index in [9.17, 15) is 13.2 Å². The van der Waals surface area contributed by atoms with Gasteiger partial charge in [-0.2, -0.15) is 0 Å². The summed E-state index contributed by atoms with van der Waals surface area (Å²) in [6.45, 7) is 0. The Morgan fingerprint density at radius 2 is 1.67 bits per heavy atom. The smallest absolute Gasteiger partial charge is 0.194 e. The summed E-state index contributed by atoms with van der Waals surface area (Å²) in [5.74, 6) is -3.91. The van der Waals surface area contributed by atoms with E-state index in [1.807, 2.05) is 0 Å². The third-order valence-electron chi connectivity index (χ3n) is 3.01. The van der Waals surface area contributed by atoms with Gasteiger partial charge in [0.2, 0.25) is 0 Å². The lowest BCUT2D eigenvalue weighted by atomic mass is 9.98. The first-order valence-electron chi connectivity index (χ1n) is 5.78. The van der Waals surface area contributed by atoms with Crippen molar-refractivity contribution in [2.75, 3.05) is 7.11 Å². The Labute approximate surface area is 129 Å². The van der Waals surface area contributed by atoms with E-state index in [1.54, 1.807) is 0 Å². The molecule has 0 saturated carbocycles. The van der Waals surface area contributed by atoms with E-state index in [0.29, 0.717) is 5.75 Å². The minimum atomic E-state index is -1.58. The molecular formula is C14H10Cl2F3NO. The van der Waals surface area contributed by atoms with Crippen molar-refractivity contribution in [2.24, 2.45) is 5.73 Å². The fourth-order valence-corrected chi connectivity index (χ4v) is 2.41. The summed E-state index contributed by atoms with van der Waals surface area (Å²) in [6.07, 6.45) is 0. The van der Waals surface area contributed by atoms with Gasteiger partial charge >= 0.3 is 0 Å². The number of halogens is 5. The maximum Gasteiger partial charge on any atom is 0.194 e. The monoisotopic (exact) mass is 335 g/mol. The van der Waals surface area contributed by atoms with Crippen LogP contribution in [0.5, 0.6) is 5.75 Å². The summed E-state index contributed by atoms with van der Waals surface area (Å²) in [7, 11) is 1.41. The van der Waals surface area contributed by atoms with E-state index in [-0.39, 0.29) is 21.2 Å². The van der Waals surface area contributed by atoms with Crippen LogP contribution in [-0.4, -0.2) is 7.11 Å². The van der Waals surface area contributed by atoms with Crippen LogP contribution >= 0.6 is 23.2 Å². The summed E-state index contributed by atoms with van der Waals surface area (Å²) < 4.78 is 45.0. The summed E-state index contributed by atoms with van der Waals surface area (Å²) in [6, 6.07) is 3.57. The van der Waals surface area contributed by atoms with E-state index in [0.717, 1.165) is 12.1 Å². The second-order valence-electron chi connectivity index (χ2n) is 4.25. The van der Waals surface area contributed by atoms with Crippen molar-refractivity contribution in [3.8, 4) is 5.75 Å². The summed E-state index contributed by atoms with van der Waals surface area (Å²) in [5.41, 5.74) is 5.93. The Kier molecular flexibility index (Phi) is 4.66. The number of hydrogen-bond donors (Lipinski definition) is 1. The van der Waals surface area contributed by atoms with Crippen molar-refractivity contribution in [3.63, 3.8) is 0 Å². The standard InChI is InChI=1S/C14H10Cl2F3NO/c1-21-11-5-8(15)7(4-9(11)16)14(20)6-2-3-10(17)13(19)12(6)18/h2-5,14H,20H2,1H3. The molecule has 21 heavy (non-hydrogen) atoms. The van der Waals surface area contributed by atoms with Gasteiger partial charge in [0, 0.05) is 16.7 Å². The fraction of sp³-hybridized carbons (Fsp3) is 0.143. The summed E-state index contributed by atoms with van der Waals surface area (Å²) >= 11 is 12.0. The van der Waals surface area contributed by atoms with Gasteiger partial charge in [-0.3, -0.25) is 0 Å². The molecule has 0 spiro atoms. The van der Waals surface area contributed by atoms with Gasteiger partial charge in [0.05, 0.1) is 18.2 Å². The maximum absolute atomic E-state index is 13.8. The van der Waals surface area contributed by atoms with Crippen molar-refractivity contribution >= 4 is 23.2 Å². The molecule has 2 aromatic rings. The average Bonchev–Trinajstić information content (AvgIpc) is 2.46. The van der Waals surface area contributed by atoms with Crippen molar-refractivity contribution in [3.05, 3.63) is 62.9 Å². The zero-order chi connectivity index (χ0) is 15.7. The van der Waals surface area contributed by atoms with Crippen LogP contribution < -0.4 is 10.5 Å². The molecule has 0 aliphatic carbocycles. The highest BCUT2D eigenvalue weighted by molar-refractivity contribution is 6.34. The van der Waals surface area contributed by atoms with Crippen LogP contribution in [-0.2, 0) is 0 Å². The second-order valence-corrected chi connectivity index (χ2v) is 5.06. The van der Waals surface area contributed by atoms with E-state index in [2.05, 4.69) is 0 Å². The van der Waals surface area contributed by atoms with Crippen LogP contribution in [0.2, 0.25) is 10.0 Å². The minimum Gasteiger partial charge on any atom is -0.495 e. The molecule has 1 unspecified atom stereocenters. The fourth-order valence-electron chi connectivity index (χ4n) is 1.89. The number of methoxy groups -OCH3 is 1. The number of benzene rings is 2. The highest BCUT2D eigenvalue weighted by atomic mass is 35.5. The Balaban J connectivity index is 2.53. The van der Waals surface area contributed by atoms with Gasteiger partial charge in [-0.25, -0.2) is 13.2 Å². The number of hydrogen-bond acceptors (Lipinski definition) is 2. The third kappa shape index (κ3) is 2.95. The van der Waals surface area contributed by atoms with Crippen molar-refractivity contribution in [1.29, 1.82) is 0 Å². The van der Waals surface area contributed by atoms with Crippen LogP contribution in [0.25, 0.3) is 0 Å². The molecule has 2 N–H and O–H groups in total. The zero-order valence-corrected chi connectivity index (χ0v) is 12.3. The van der Waals surface area contributed by atoms with Gasteiger partial charge in [0.15, 0.2) is 17.5 Å². The SMILES string of the molecule is COc1cc(Cl)c(C(N)c2ccc(F)c(F)c2F)cc1Cl. The van der Waals surface area contributed by atoms with Crippen LogP contribution in [0.15, 0.2) is 24.3 Å². The largest absolute Gasteiger partial charge is 0.495 e. The molecule has 0 aliphatic rings. The second kappa shape index (κ2) is 6.13. The topological polar surface area (TPSA) is 35.2 Å². The average molecular weight is 336 g/mol. The molecule has 0 aliphatic heterocycles. The highest BCUT2D eigenvalue weighted by Gasteiger charge is 2.22. The minimum absolute atomic E-state index is 0.174.